The van der Waals surface area contributed by atoms with Crippen LogP contribution in [0.2, 0.25) is 0 Å². The highest BCUT2D eigenvalue weighted by molar-refractivity contribution is 14.1. The summed E-state index contributed by atoms with van der Waals surface area (Å²) in [5.74, 6) is 1.27. The van der Waals surface area contributed by atoms with Crippen molar-refractivity contribution < 1.29 is 14.3 Å². The zero-order valence-corrected chi connectivity index (χ0v) is 25.7. The zero-order chi connectivity index (χ0) is 26.5. The summed E-state index contributed by atoms with van der Waals surface area (Å²) >= 11 is 7.11. The summed E-state index contributed by atoms with van der Waals surface area (Å²) in [6.07, 6.45) is 2.74. The number of amidine groups is 1. The molecule has 192 valence electrons. The standard InChI is InChI=1S/C29H28BrIN2O3S/c1-5-19(3)33-28(34)26(37-29(33)32-23-12-6-18(2)7-13-23)16-21-14-24(31)27(25(15-21)35-4)36-17-20-8-10-22(30)11-9-20/h6-16,19H,5,17H2,1-4H3/b26-16+,32-29?/t19-/m1/s1. The van der Waals surface area contributed by atoms with Crippen molar-refractivity contribution in [2.24, 2.45) is 4.99 Å². The molecular formula is C29H28BrIN2O3S. The fourth-order valence-electron chi connectivity index (χ4n) is 3.72. The van der Waals surface area contributed by atoms with Crippen LogP contribution in [0.1, 0.15) is 37.0 Å². The van der Waals surface area contributed by atoms with Crippen molar-refractivity contribution in [3.05, 3.63) is 90.3 Å². The molecule has 0 unspecified atom stereocenters. The average Bonchev–Trinajstić information content (AvgIpc) is 3.19. The van der Waals surface area contributed by atoms with E-state index in [1.165, 1.54) is 17.3 Å². The monoisotopic (exact) mass is 690 g/mol. The third-order valence-electron chi connectivity index (χ3n) is 5.97. The fourth-order valence-corrected chi connectivity index (χ4v) is 5.85. The first-order chi connectivity index (χ1) is 17.8. The number of halogens is 2. The molecule has 0 bridgehead atoms. The van der Waals surface area contributed by atoms with E-state index < -0.39 is 0 Å². The maximum absolute atomic E-state index is 13.4. The molecule has 3 aromatic carbocycles. The summed E-state index contributed by atoms with van der Waals surface area (Å²) in [4.78, 5) is 20.7. The Kier molecular flexibility index (Phi) is 9.36. The number of thioether (sulfide) groups is 1. The third kappa shape index (κ3) is 6.78. The summed E-state index contributed by atoms with van der Waals surface area (Å²) in [5, 5.41) is 0.700. The van der Waals surface area contributed by atoms with Crippen LogP contribution < -0.4 is 9.47 Å². The summed E-state index contributed by atoms with van der Waals surface area (Å²) in [7, 11) is 1.63. The fraction of sp³-hybridized carbons (Fsp3) is 0.241. The molecule has 1 atom stereocenters. The zero-order valence-electron chi connectivity index (χ0n) is 21.1. The van der Waals surface area contributed by atoms with Gasteiger partial charge in [-0.15, -0.1) is 0 Å². The Morgan fingerprint density at radius 2 is 1.84 bits per heavy atom. The van der Waals surface area contributed by atoms with Crippen LogP contribution >= 0.6 is 50.3 Å². The van der Waals surface area contributed by atoms with E-state index in [0.717, 1.165) is 31.3 Å². The Labute approximate surface area is 244 Å². The number of methoxy groups -OCH3 is 1. The van der Waals surface area contributed by atoms with Gasteiger partial charge in [-0.3, -0.25) is 9.69 Å². The molecule has 0 aromatic heterocycles. The molecule has 1 fully saturated rings. The van der Waals surface area contributed by atoms with Gasteiger partial charge < -0.3 is 9.47 Å². The maximum atomic E-state index is 13.4. The minimum Gasteiger partial charge on any atom is -0.493 e. The predicted molar refractivity (Wildman–Crippen MR) is 165 cm³/mol. The van der Waals surface area contributed by atoms with Gasteiger partial charge >= 0.3 is 0 Å². The maximum Gasteiger partial charge on any atom is 0.266 e. The molecular weight excluding hydrogens is 663 g/mol. The van der Waals surface area contributed by atoms with Crippen molar-refractivity contribution in [3.63, 3.8) is 0 Å². The number of carbonyl (C=O) groups is 1. The van der Waals surface area contributed by atoms with Crippen LogP contribution in [0.4, 0.5) is 5.69 Å². The van der Waals surface area contributed by atoms with Gasteiger partial charge in [-0.2, -0.15) is 0 Å². The predicted octanol–water partition coefficient (Wildman–Crippen LogP) is 8.35. The molecule has 1 saturated heterocycles. The van der Waals surface area contributed by atoms with E-state index in [1.807, 2.05) is 73.7 Å². The first-order valence-corrected chi connectivity index (χ1v) is 14.6. The van der Waals surface area contributed by atoms with E-state index in [-0.39, 0.29) is 11.9 Å². The molecule has 1 aliphatic rings. The van der Waals surface area contributed by atoms with Gasteiger partial charge in [0.25, 0.3) is 5.91 Å². The first kappa shape index (κ1) is 27.7. The number of hydrogen-bond donors (Lipinski definition) is 0. The Morgan fingerprint density at radius 3 is 2.49 bits per heavy atom. The molecule has 1 heterocycles. The van der Waals surface area contributed by atoms with Gasteiger partial charge in [0.1, 0.15) is 6.61 Å². The molecule has 0 spiro atoms. The first-order valence-electron chi connectivity index (χ1n) is 11.9. The molecule has 8 heteroatoms. The van der Waals surface area contributed by atoms with Crippen molar-refractivity contribution in [2.45, 2.75) is 39.8 Å². The minimum atomic E-state index is -0.0326. The van der Waals surface area contributed by atoms with Gasteiger partial charge in [-0.25, -0.2) is 4.99 Å². The molecule has 0 saturated carbocycles. The quantitative estimate of drug-likeness (QED) is 0.176. The van der Waals surface area contributed by atoms with Crippen molar-refractivity contribution in [1.82, 2.24) is 4.90 Å². The number of hydrogen-bond acceptors (Lipinski definition) is 5. The largest absolute Gasteiger partial charge is 0.493 e. The van der Waals surface area contributed by atoms with Crippen LogP contribution in [0, 0.1) is 10.5 Å². The topological polar surface area (TPSA) is 51.1 Å². The molecule has 0 radical (unpaired) electrons. The molecule has 1 amide bonds. The lowest BCUT2D eigenvalue weighted by atomic mass is 10.1. The van der Waals surface area contributed by atoms with Gasteiger partial charge in [-0.05, 0) is 108 Å². The number of ether oxygens (including phenoxy) is 2. The van der Waals surface area contributed by atoms with E-state index in [9.17, 15) is 4.79 Å². The van der Waals surface area contributed by atoms with E-state index >= 15 is 0 Å². The molecule has 0 aliphatic carbocycles. The van der Waals surface area contributed by atoms with Crippen LogP contribution in [-0.4, -0.2) is 29.1 Å². The molecule has 4 rings (SSSR count). The van der Waals surface area contributed by atoms with Crippen molar-refractivity contribution in [1.29, 1.82) is 0 Å². The lowest BCUT2D eigenvalue weighted by Crippen LogP contribution is -2.36. The number of aryl methyl sites for hydroxylation is 1. The van der Waals surface area contributed by atoms with E-state index in [1.54, 1.807) is 12.0 Å². The number of carbonyl (C=O) groups excluding carboxylic acids is 1. The minimum absolute atomic E-state index is 0.0326. The van der Waals surface area contributed by atoms with E-state index in [0.29, 0.717) is 28.2 Å². The number of amides is 1. The number of rotatable bonds is 8. The lowest BCUT2D eigenvalue weighted by molar-refractivity contribution is -0.123. The smallest absolute Gasteiger partial charge is 0.266 e. The van der Waals surface area contributed by atoms with E-state index in [4.69, 9.17) is 14.5 Å². The van der Waals surface area contributed by atoms with Crippen LogP contribution in [0.15, 0.2) is 75.0 Å². The van der Waals surface area contributed by atoms with E-state index in [2.05, 4.69) is 52.4 Å². The van der Waals surface area contributed by atoms with Gasteiger partial charge in [0.15, 0.2) is 16.7 Å². The number of nitrogens with zero attached hydrogens (tertiary/aromatic N) is 2. The van der Waals surface area contributed by atoms with Crippen molar-refractivity contribution in [3.8, 4) is 11.5 Å². The normalized spacial score (nSPS) is 16.5. The highest BCUT2D eigenvalue weighted by Gasteiger charge is 2.36. The third-order valence-corrected chi connectivity index (χ3v) is 8.29. The van der Waals surface area contributed by atoms with Crippen LogP contribution in [0.5, 0.6) is 11.5 Å². The number of benzene rings is 3. The van der Waals surface area contributed by atoms with Gasteiger partial charge in [0, 0.05) is 10.5 Å². The second-order valence-corrected chi connectivity index (χ2v) is 11.8. The molecule has 0 N–H and O–H groups in total. The summed E-state index contributed by atoms with van der Waals surface area (Å²) in [6.45, 7) is 6.60. The van der Waals surface area contributed by atoms with Crippen LogP contribution in [0.3, 0.4) is 0 Å². The Balaban J connectivity index is 1.62. The summed E-state index contributed by atoms with van der Waals surface area (Å²) < 4.78 is 13.7. The average molecular weight is 691 g/mol. The number of aliphatic imine (C=N–C) groups is 1. The van der Waals surface area contributed by atoms with Crippen LogP contribution in [-0.2, 0) is 11.4 Å². The highest BCUT2D eigenvalue weighted by atomic mass is 127. The lowest BCUT2D eigenvalue weighted by Gasteiger charge is -2.22. The van der Waals surface area contributed by atoms with Crippen molar-refractivity contribution >= 4 is 73.1 Å². The molecule has 37 heavy (non-hydrogen) atoms. The summed E-state index contributed by atoms with van der Waals surface area (Å²) in [6, 6.07) is 20.0. The molecule has 3 aromatic rings. The van der Waals surface area contributed by atoms with Crippen LogP contribution in [0.25, 0.3) is 6.08 Å². The van der Waals surface area contributed by atoms with Crippen molar-refractivity contribution in [2.75, 3.05) is 7.11 Å². The summed E-state index contributed by atoms with van der Waals surface area (Å²) in [5.41, 5.74) is 3.93. The molecule has 1 aliphatic heterocycles. The Bertz CT molecular complexity index is 1340. The van der Waals surface area contributed by atoms with Gasteiger partial charge in [-0.1, -0.05) is 52.7 Å². The molecule has 5 nitrogen and oxygen atoms in total. The van der Waals surface area contributed by atoms with Gasteiger partial charge in [0.05, 0.1) is 21.3 Å². The highest BCUT2D eigenvalue weighted by Crippen LogP contribution is 2.39. The second-order valence-electron chi connectivity index (χ2n) is 8.72. The SMILES string of the molecule is CC[C@@H](C)N1C(=O)/C(=C\c2cc(I)c(OCc3ccc(Br)cc3)c(OC)c2)SC1=Nc1ccc(C)cc1. The Morgan fingerprint density at radius 1 is 1.14 bits per heavy atom. The second kappa shape index (κ2) is 12.5. The Hall–Kier alpha value is -2.30. The van der Waals surface area contributed by atoms with Gasteiger partial charge in [0.2, 0.25) is 0 Å².